The SMILES string of the molecule is Oc1cccc2[nH]cc(CC3=CCCS3)c12. The number of rotatable bonds is 2. The number of thioether (sulfide) groups is 1. The van der Waals surface area contributed by atoms with E-state index in [0.29, 0.717) is 5.75 Å². The van der Waals surface area contributed by atoms with Crippen LogP contribution in [-0.2, 0) is 6.42 Å². The fraction of sp³-hybridized carbons (Fsp3) is 0.231. The standard InChI is InChI=1S/C13H13NOS/c15-12-5-1-4-11-13(12)9(8-14-11)7-10-3-2-6-16-10/h1,3-5,8,14-15H,2,6-7H2. The number of phenols is 1. The van der Waals surface area contributed by atoms with Crippen molar-refractivity contribution in [1.29, 1.82) is 0 Å². The molecule has 0 aliphatic carbocycles. The number of nitrogens with one attached hydrogen (secondary N) is 1. The van der Waals surface area contributed by atoms with E-state index in [9.17, 15) is 5.11 Å². The molecule has 0 bridgehead atoms. The van der Waals surface area contributed by atoms with E-state index in [1.54, 1.807) is 6.07 Å². The van der Waals surface area contributed by atoms with Crippen LogP contribution in [0.5, 0.6) is 5.75 Å². The molecule has 2 aromatic rings. The van der Waals surface area contributed by atoms with Gasteiger partial charge in [0.25, 0.3) is 0 Å². The lowest BCUT2D eigenvalue weighted by Crippen LogP contribution is -1.83. The minimum atomic E-state index is 0.373. The van der Waals surface area contributed by atoms with E-state index in [4.69, 9.17) is 0 Å². The molecule has 82 valence electrons. The van der Waals surface area contributed by atoms with Crippen LogP contribution in [0.25, 0.3) is 10.9 Å². The lowest BCUT2D eigenvalue weighted by Gasteiger charge is -2.01. The van der Waals surface area contributed by atoms with Crippen molar-refractivity contribution < 1.29 is 5.11 Å². The van der Waals surface area contributed by atoms with Gasteiger partial charge in [-0.05, 0) is 29.0 Å². The number of aromatic nitrogens is 1. The summed E-state index contributed by atoms with van der Waals surface area (Å²) in [4.78, 5) is 4.63. The Morgan fingerprint density at radius 1 is 1.38 bits per heavy atom. The van der Waals surface area contributed by atoms with E-state index >= 15 is 0 Å². The van der Waals surface area contributed by atoms with Crippen LogP contribution in [0.15, 0.2) is 35.4 Å². The van der Waals surface area contributed by atoms with Gasteiger partial charge in [0.1, 0.15) is 5.75 Å². The summed E-state index contributed by atoms with van der Waals surface area (Å²) in [6, 6.07) is 5.60. The third-order valence-electron chi connectivity index (χ3n) is 2.91. The molecule has 1 aromatic heterocycles. The van der Waals surface area contributed by atoms with Gasteiger partial charge >= 0.3 is 0 Å². The fourth-order valence-corrected chi connectivity index (χ4v) is 3.15. The summed E-state index contributed by atoms with van der Waals surface area (Å²) >= 11 is 1.92. The number of H-pyrrole nitrogens is 1. The molecule has 0 spiro atoms. The Morgan fingerprint density at radius 2 is 2.31 bits per heavy atom. The predicted octanol–water partition coefficient (Wildman–Crippen LogP) is 3.44. The Kier molecular flexibility index (Phi) is 2.40. The van der Waals surface area contributed by atoms with Gasteiger partial charge in [0.05, 0.1) is 0 Å². The van der Waals surface area contributed by atoms with Gasteiger partial charge in [-0.3, -0.25) is 0 Å². The molecule has 0 atom stereocenters. The Bertz CT molecular complexity index is 556. The van der Waals surface area contributed by atoms with Gasteiger partial charge in [0.2, 0.25) is 0 Å². The molecule has 0 radical (unpaired) electrons. The minimum Gasteiger partial charge on any atom is -0.507 e. The number of hydrogen-bond donors (Lipinski definition) is 2. The zero-order valence-electron chi connectivity index (χ0n) is 8.86. The molecular weight excluding hydrogens is 218 g/mol. The van der Waals surface area contributed by atoms with Crippen molar-refractivity contribution >= 4 is 22.7 Å². The summed E-state index contributed by atoms with van der Waals surface area (Å²) in [5.74, 6) is 1.57. The van der Waals surface area contributed by atoms with E-state index in [0.717, 1.165) is 17.3 Å². The maximum Gasteiger partial charge on any atom is 0.125 e. The van der Waals surface area contributed by atoms with E-state index in [1.807, 2.05) is 30.1 Å². The van der Waals surface area contributed by atoms with Crippen molar-refractivity contribution in [2.45, 2.75) is 12.8 Å². The van der Waals surface area contributed by atoms with Crippen molar-refractivity contribution in [3.05, 3.63) is 40.9 Å². The lowest BCUT2D eigenvalue weighted by atomic mass is 10.1. The van der Waals surface area contributed by atoms with Crippen LogP contribution >= 0.6 is 11.8 Å². The normalized spacial score (nSPS) is 15.6. The molecule has 2 N–H and O–H groups in total. The summed E-state index contributed by atoms with van der Waals surface area (Å²) in [6.45, 7) is 0. The first-order chi connectivity index (χ1) is 7.84. The molecular formula is C13H13NOS. The van der Waals surface area contributed by atoms with Crippen molar-refractivity contribution in [2.75, 3.05) is 5.75 Å². The van der Waals surface area contributed by atoms with Crippen LogP contribution < -0.4 is 0 Å². The molecule has 0 saturated carbocycles. The number of hydrogen-bond acceptors (Lipinski definition) is 2. The van der Waals surface area contributed by atoms with Gasteiger partial charge in [-0.25, -0.2) is 0 Å². The molecule has 2 heterocycles. The fourth-order valence-electron chi connectivity index (χ4n) is 2.15. The number of aromatic amines is 1. The molecule has 1 aliphatic rings. The number of phenolic OH excluding ortho intramolecular Hbond substituents is 1. The summed E-state index contributed by atoms with van der Waals surface area (Å²) in [5, 5.41) is 10.8. The first-order valence-corrected chi connectivity index (χ1v) is 6.43. The van der Waals surface area contributed by atoms with Crippen LogP contribution in [0.4, 0.5) is 0 Å². The van der Waals surface area contributed by atoms with E-state index in [2.05, 4.69) is 11.1 Å². The molecule has 1 aliphatic heterocycles. The zero-order chi connectivity index (χ0) is 11.0. The summed E-state index contributed by atoms with van der Waals surface area (Å²) < 4.78 is 0. The highest BCUT2D eigenvalue weighted by Gasteiger charge is 2.11. The second-order valence-electron chi connectivity index (χ2n) is 4.00. The van der Waals surface area contributed by atoms with Gasteiger partial charge in [0.15, 0.2) is 0 Å². The Hall–Kier alpha value is -1.35. The molecule has 1 aromatic carbocycles. The maximum atomic E-state index is 9.87. The topological polar surface area (TPSA) is 36.0 Å². The number of benzene rings is 1. The van der Waals surface area contributed by atoms with Gasteiger partial charge in [0, 0.05) is 29.3 Å². The number of aromatic hydroxyl groups is 1. The lowest BCUT2D eigenvalue weighted by molar-refractivity contribution is 0.481. The van der Waals surface area contributed by atoms with Crippen LogP contribution in [0, 0.1) is 0 Å². The van der Waals surface area contributed by atoms with Crippen molar-refractivity contribution in [1.82, 2.24) is 4.98 Å². The van der Waals surface area contributed by atoms with Gasteiger partial charge in [-0.1, -0.05) is 12.1 Å². The monoisotopic (exact) mass is 231 g/mol. The number of allylic oxidation sites excluding steroid dienone is 2. The molecule has 3 rings (SSSR count). The summed E-state index contributed by atoms with van der Waals surface area (Å²) in [5.41, 5.74) is 2.20. The summed E-state index contributed by atoms with van der Waals surface area (Å²) in [6.07, 6.45) is 6.41. The van der Waals surface area contributed by atoms with E-state index in [-0.39, 0.29) is 0 Å². The van der Waals surface area contributed by atoms with Crippen molar-refractivity contribution in [3.8, 4) is 5.75 Å². The highest BCUT2D eigenvalue weighted by Crippen LogP contribution is 2.33. The van der Waals surface area contributed by atoms with Gasteiger partial charge in [-0.15, -0.1) is 11.8 Å². The van der Waals surface area contributed by atoms with E-state index < -0.39 is 0 Å². The second kappa shape index (κ2) is 3.91. The Labute approximate surface area is 98.4 Å². The average molecular weight is 231 g/mol. The largest absolute Gasteiger partial charge is 0.507 e. The minimum absolute atomic E-state index is 0.373. The van der Waals surface area contributed by atoms with E-state index in [1.165, 1.54) is 22.6 Å². The summed E-state index contributed by atoms with van der Waals surface area (Å²) in [7, 11) is 0. The molecule has 3 heteroatoms. The van der Waals surface area contributed by atoms with Crippen LogP contribution in [0.3, 0.4) is 0 Å². The smallest absolute Gasteiger partial charge is 0.125 e. The van der Waals surface area contributed by atoms with Gasteiger partial charge in [-0.2, -0.15) is 0 Å². The van der Waals surface area contributed by atoms with Crippen LogP contribution in [0.1, 0.15) is 12.0 Å². The van der Waals surface area contributed by atoms with Gasteiger partial charge < -0.3 is 10.1 Å². The van der Waals surface area contributed by atoms with Crippen LogP contribution in [-0.4, -0.2) is 15.8 Å². The molecule has 16 heavy (non-hydrogen) atoms. The molecule has 0 amide bonds. The highest BCUT2D eigenvalue weighted by atomic mass is 32.2. The highest BCUT2D eigenvalue weighted by molar-refractivity contribution is 8.03. The predicted molar refractivity (Wildman–Crippen MR) is 68.8 cm³/mol. The average Bonchev–Trinajstić information content (AvgIpc) is 2.90. The molecule has 0 saturated heterocycles. The first kappa shape index (κ1) is 9.85. The molecule has 2 nitrogen and oxygen atoms in total. The molecule has 0 fully saturated rings. The zero-order valence-corrected chi connectivity index (χ0v) is 9.68. The third-order valence-corrected chi connectivity index (χ3v) is 4.03. The first-order valence-electron chi connectivity index (χ1n) is 5.44. The van der Waals surface area contributed by atoms with Crippen molar-refractivity contribution in [2.24, 2.45) is 0 Å². The third kappa shape index (κ3) is 1.61. The van der Waals surface area contributed by atoms with Crippen molar-refractivity contribution in [3.63, 3.8) is 0 Å². The number of fused-ring (bicyclic) bond motifs is 1. The maximum absolute atomic E-state index is 9.87. The molecule has 0 unspecified atom stereocenters. The quantitative estimate of drug-likeness (QED) is 0.830. The Morgan fingerprint density at radius 3 is 3.12 bits per heavy atom. The Balaban J connectivity index is 2.03. The van der Waals surface area contributed by atoms with Crippen LogP contribution in [0.2, 0.25) is 0 Å². The second-order valence-corrected chi connectivity index (χ2v) is 5.22.